The van der Waals surface area contributed by atoms with Crippen LogP contribution in [0.3, 0.4) is 0 Å². The normalized spacial score (nSPS) is 10.2. The van der Waals surface area contributed by atoms with Crippen LogP contribution < -0.4 is 4.90 Å². The van der Waals surface area contributed by atoms with E-state index >= 15 is 0 Å². The molecule has 0 heterocycles. The van der Waals surface area contributed by atoms with E-state index in [0.717, 1.165) is 24.8 Å². The Balaban J connectivity index is 2.83. The molecule has 0 saturated heterocycles. The number of anilines is 1. The molecule has 0 unspecified atom stereocenters. The fraction of sp³-hybridized carbons (Fsp3) is 0.500. The molecular weight excluding hydrogens is 268 g/mol. The van der Waals surface area contributed by atoms with E-state index in [9.17, 15) is 9.59 Å². The van der Waals surface area contributed by atoms with Gasteiger partial charge in [0.05, 0.1) is 0 Å². The summed E-state index contributed by atoms with van der Waals surface area (Å²) in [4.78, 5) is 26.4. The second kappa shape index (κ2) is 8.29. The molecule has 0 spiro atoms. The lowest BCUT2D eigenvalue weighted by molar-refractivity contribution is -0.135. The lowest BCUT2D eigenvalue weighted by atomic mass is 10.2. The average Bonchev–Trinajstić information content (AvgIpc) is 2.45. The Bertz CT molecular complexity index is 471. The second-order valence-corrected chi connectivity index (χ2v) is 5.23. The predicted molar refractivity (Wildman–Crippen MR) is 83.7 cm³/mol. The third-order valence-electron chi connectivity index (χ3n) is 3.29. The fourth-order valence-electron chi connectivity index (χ4n) is 2.03. The summed E-state index contributed by atoms with van der Waals surface area (Å²) in [6.45, 7) is 4.35. The maximum Gasteiger partial charge on any atom is 0.324 e. The summed E-state index contributed by atoms with van der Waals surface area (Å²) in [6.07, 6.45) is 3.06. The van der Waals surface area contributed by atoms with Gasteiger partial charge in [0, 0.05) is 19.3 Å². The van der Waals surface area contributed by atoms with Gasteiger partial charge < -0.3 is 10.0 Å². The Morgan fingerprint density at radius 3 is 2.29 bits per heavy atom. The number of urea groups is 1. The predicted octanol–water partition coefficient (Wildman–Crippen LogP) is 3.13. The molecule has 0 aliphatic heterocycles. The van der Waals surface area contributed by atoms with Gasteiger partial charge >= 0.3 is 12.0 Å². The number of carbonyl (C=O) groups is 2. The van der Waals surface area contributed by atoms with Crippen molar-refractivity contribution in [2.24, 2.45) is 0 Å². The Hall–Kier alpha value is -2.04. The fourth-order valence-corrected chi connectivity index (χ4v) is 2.03. The molecule has 1 aromatic carbocycles. The highest BCUT2D eigenvalue weighted by molar-refractivity contribution is 5.96. The van der Waals surface area contributed by atoms with Gasteiger partial charge in [-0.3, -0.25) is 9.69 Å². The second-order valence-electron chi connectivity index (χ2n) is 5.23. The summed E-state index contributed by atoms with van der Waals surface area (Å²) in [7, 11) is 1.71. The lowest BCUT2D eigenvalue weighted by Crippen LogP contribution is -2.44. The number of rotatable bonds is 7. The minimum Gasteiger partial charge on any atom is -0.480 e. The van der Waals surface area contributed by atoms with E-state index in [1.54, 1.807) is 24.1 Å². The third kappa shape index (κ3) is 5.45. The molecule has 21 heavy (non-hydrogen) atoms. The zero-order chi connectivity index (χ0) is 15.8. The molecule has 0 aromatic heterocycles. The van der Waals surface area contributed by atoms with Crippen molar-refractivity contribution < 1.29 is 14.7 Å². The molecule has 1 aromatic rings. The number of carboxylic acid groups (broad SMARTS) is 1. The SMILES string of the molecule is CCCCCN(C)C(=O)N(CC(=O)O)c1ccc(C)cc1. The molecule has 0 atom stereocenters. The molecule has 0 aliphatic rings. The molecule has 0 aliphatic carbocycles. The summed E-state index contributed by atoms with van der Waals surface area (Å²) in [5, 5.41) is 9.03. The van der Waals surface area contributed by atoms with Crippen LogP contribution >= 0.6 is 0 Å². The highest BCUT2D eigenvalue weighted by Gasteiger charge is 2.21. The van der Waals surface area contributed by atoms with Crippen LogP contribution in [0.25, 0.3) is 0 Å². The van der Waals surface area contributed by atoms with E-state index in [2.05, 4.69) is 6.92 Å². The van der Waals surface area contributed by atoms with Crippen LogP contribution in [0, 0.1) is 6.92 Å². The highest BCUT2D eigenvalue weighted by atomic mass is 16.4. The smallest absolute Gasteiger partial charge is 0.324 e. The summed E-state index contributed by atoms with van der Waals surface area (Å²) >= 11 is 0. The molecule has 116 valence electrons. The highest BCUT2D eigenvalue weighted by Crippen LogP contribution is 2.17. The lowest BCUT2D eigenvalue weighted by Gasteiger charge is -2.27. The molecule has 5 nitrogen and oxygen atoms in total. The number of hydrogen-bond acceptors (Lipinski definition) is 2. The van der Waals surface area contributed by atoms with Crippen LogP contribution in [0.15, 0.2) is 24.3 Å². The van der Waals surface area contributed by atoms with Crippen molar-refractivity contribution in [2.45, 2.75) is 33.1 Å². The number of carbonyl (C=O) groups excluding carboxylic acids is 1. The molecule has 2 amide bonds. The molecule has 1 N–H and O–H groups in total. The average molecular weight is 292 g/mol. The number of benzene rings is 1. The Morgan fingerprint density at radius 2 is 1.76 bits per heavy atom. The van der Waals surface area contributed by atoms with Gasteiger partial charge in [0.2, 0.25) is 0 Å². The van der Waals surface area contributed by atoms with E-state index in [4.69, 9.17) is 5.11 Å². The van der Waals surface area contributed by atoms with Crippen molar-refractivity contribution in [1.82, 2.24) is 4.90 Å². The van der Waals surface area contributed by atoms with E-state index in [0.29, 0.717) is 12.2 Å². The van der Waals surface area contributed by atoms with E-state index in [1.165, 1.54) is 4.90 Å². The van der Waals surface area contributed by atoms with Crippen LogP contribution in [0.1, 0.15) is 31.7 Å². The van der Waals surface area contributed by atoms with Gasteiger partial charge in [0.1, 0.15) is 6.54 Å². The van der Waals surface area contributed by atoms with Gasteiger partial charge in [-0.05, 0) is 25.5 Å². The topological polar surface area (TPSA) is 60.9 Å². The van der Waals surface area contributed by atoms with Crippen molar-refractivity contribution >= 4 is 17.7 Å². The molecular formula is C16H24N2O3. The zero-order valence-corrected chi connectivity index (χ0v) is 13.0. The standard InChI is InChI=1S/C16H24N2O3/c1-4-5-6-11-17(3)16(21)18(12-15(19)20)14-9-7-13(2)8-10-14/h7-10H,4-6,11-12H2,1-3H3,(H,19,20). The zero-order valence-electron chi connectivity index (χ0n) is 13.0. The molecule has 0 fully saturated rings. The number of hydrogen-bond donors (Lipinski definition) is 1. The number of unbranched alkanes of at least 4 members (excludes halogenated alkanes) is 2. The summed E-state index contributed by atoms with van der Waals surface area (Å²) in [6, 6.07) is 7.01. The first-order valence-corrected chi connectivity index (χ1v) is 7.26. The van der Waals surface area contributed by atoms with Gasteiger partial charge in [-0.2, -0.15) is 0 Å². The molecule has 0 bridgehead atoms. The monoisotopic (exact) mass is 292 g/mol. The summed E-state index contributed by atoms with van der Waals surface area (Å²) in [5.41, 5.74) is 1.67. The molecule has 0 radical (unpaired) electrons. The van der Waals surface area contributed by atoms with Crippen molar-refractivity contribution in [3.63, 3.8) is 0 Å². The molecule has 1 rings (SSSR count). The number of carboxylic acids is 1. The Labute approximate surface area is 126 Å². The first kappa shape index (κ1) is 17.0. The van der Waals surface area contributed by atoms with Crippen LogP contribution in [-0.4, -0.2) is 42.1 Å². The maximum absolute atomic E-state index is 12.4. The first-order valence-electron chi connectivity index (χ1n) is 7.26. The quantitative estimate of drug-likeness (QED) is 0.785. The maximum atomic E-state index is 12.4. The van der Waals surface area contributed by atoms with Crippen LogP contribution in [0.4, 0.5) is 10.5 Å². The largest absolute Gasteiger partial charge is 0.480 e. The van der Waals surface area contributed by atoms with Crippen LogP contribution in [0.2, 0.25) is 0 Å². The van der Waals surface area contributed by atoms with Crippen molar-refractivity contribution in [1.29, 1.82) is 0 Å². The number of amides is 2. The van der Waals surface area contributed by atoms with Gasteiger partial charge in [0.15, 0.2) is 0 Å². The van der Waals surface area contributed by atoms with E-state index < -0.39 is 5.97 Å². The number of aryl methyl sites for hydroxylation is 1. The van der Waals surface area contributed by atoms with Crippen LogP contribution in [0.5, 0.6) is 0 Å². The van der Waals surface area contributed by atoms with Crippen molar-refractivity contribution in [3.05, 3.63) is 29.8 Å². The van der Waals surface area contributed by atoms with Crippen LogP contribution in [-0.2, 0) is 4.79 Å². The summed E-state index contributed by atoms with van der Waals surface area (Å²) < 4.78 is 0. The van der Waals surface area contributed by atoms with Gasteiger partial charge in [-0.15, -0.1) is 0 Å². The molecule has 0 saturated carbocycles. The van der Waals surface area contributed by atoms with Crippen molar-refractivity contribution in [2.75, 3.05) is 25.0 Å². The van der Waals surface area contributed by atoms with Crippen molar-refractivity contribution in [3.8, 4) is 0 Å². The first-order chi connectivity index (χ1) is 9.95. The number of aliphatic carboxylic acids is 1. The summed E-state index contributed by atoms with van der Waals surface area (Å²) in [5.74, 6) is -1.02. The minimum absolute atomic E-state index is 0.280. The molecule has 5 heteroatoms. The van der Waals surface area contributed by atoms with Gasteiger partial charge in [-0.25, -0.2) is 4.79 Å². The van der Waals surface area contributed by atoms with Gasteiger partial charge in [-0.1, -0.05) is 37.5 Å². The van der Waals surface area contributed by atoms with Gasteiger partial charge in [0.25, 0.3) is 0 Å². The third-order valence-corrected chi connectivity index (χ3v) is 3.29. The Morgan fingerprint density at radius 1 is 1.14 bits per heavy atom. The minimum atomic E-state index is -1.02. The van der Waals surface area contributed by atoms with E-state index in [-0.39, 0.29) is 12.6 Å². The Kier molecular flexibility index (Phi) is 6.72. The number of nitrogens with zero attached hydrogens (tertiary/aromatic N) is 2. The van der Waals surface area contributed by atoms with E-state index in [1.807, 2.05) is 19.1 Å².